The van der Waals surface area contributed by atoms with Crippen molar-refractivity contribution >= 4 is 17.9 Å². The summed E-state index contributed by atoms with van der Waals surface area (Å²) in [6, 6.07) is 14.6. The van der Waals surface area contributed by atoms with Gasteiger partial charge in [0.1, 0.15) is 18.6 Å². The first-order chi connectivity index (χ1) is 11.7. The molecule has 1 saturated heterocycles. The van der Waals surface area contributed by atoms with Gasteiger partial charge >= 0.3 is 0 Å². The van der Waals surface area contributed by atoms with Crippen molar-refractivity contribution in [3.63, 3.8) is 0 Å². The van der Waals surface area contributed by atoms with Crippen LogP contribution in [0.1, 0.15) is 35.2 Å². The number of piperidine rings is 1. The topological polar surface area (TPSA) is 29.5 Å². The van der Waals surface area contributed by atoms with Crippen LogP contribution in [0.15, 0.2) is 48.5 Å². The first-order valence-electron chi connectivity index (χ1n) is 8.29. The van der Waals surface area contributed by atoms with Crippen molar-refractivity contribution in [2.24, 2.45) is 0 Å². The van der Waals surface area contributed by atoms with Crippen molar-refractivity contribution < 1.29 is 9.53 Å². The zero-order chi connectivity index (χ0) is 17.2. The quantitative estimate of drug-likeness (QED) is 0.743. The molecule has 24 heavy (non-hydrogen) atoms. The Morgan fingerprint density at radius 2 is 1.71 bits per heavy atom. The third-order valence-corrected chi connectivity index (χ3v) is 4.24. The Morgan fingerprint density at radius 3 is 2.25 bits per heavy atom. The van der Waals surface area contributed by atoms with Gasteiger partial charge < -0.3 is 9.64 Å². The van der Waals surface area contributed by atoms with Gasteiger partial charge in [0, 0.05) is 5.56 Å². The average molecular weight is 346 g/mol. The standard InChI is InChI=1S/C14H11ClO2.C6H13N/c15-13-3-1-2-4-14(13)17-10-12-7-5-11(9-16)6-8-12;1-7-5-3-2-4-6-7/h1-9H,10H2;2-6H2,1H3. The molecule has 0 spiro atoms. The molecule has 1 heterocycles. The summed E-state index contributed by atoms with van der Waals surface area (Å²) in [5, 5.41) is 0.594. The maximum atomic E-state index is 10.5. The minimum absolute atomic E-state index is 0.433. The number of carbonyl (C=O) groups excluding carboxylic acids is 1. The van der Waals surface area contributed by atoms with Crippen molar-refractivity contribution in [3.8, 4) is 5.75 Å². The van der Waals surface area contributed by atoms with Gasteiger partial charge in [-0.25, -0.2) is 0 Å². The lowest BCUT2D eigenvalue weighted by molar-refractivity contribution is 0.112. The molecule has 1 fully saturated rings. The number of rotatable bonds is 4. The summed E-state index contributed by atoms with van der Waals surface area (Å²) in [5.41, 5.74) is 1.65. The van der Waals surface area contributed by atoms with E-state index in [4.69, 9.17) is 16.3 Å². The Hall–Kier alpha value is -1.84. The molecule has 0 aliphatic carbocycles. The van der Waals surface area contributed by atoms with E-state index in [1.165, 1.54) is 32.4 Å². The second-order valence-electron chi connectivity index (χ2n) is 5.94. The highest BCUT2D eigenvalue weighted by atomic mass is 35.5. The molecule has 0 aromatic heterocycles. The summed E-state index contributed by atoms with van der Waals surface area (Å²) in [6.45, 7) is 3.07. The number of para-hydroxylation sites is 1. The molecule has 1 aliphatic rings. The molecule has 0 saturated carbocycles. The highest BCUT2D eigenvalue weighted by Crippen LogP contribution is 2.24. The molecule has 0 unspecified atom stereocenters. The fraction of sp³-hybridized carbons (Fsp3) is 0.350. The van der Waals surface area contributed by atoms with E-state index >= 15 is 0 Å². The number of carbonyl (C=O) groups is 1. The molecule has 0 N–H and O–H groups in total. The molecule has 0 bridgehead atoms. The molecule has 0 radical (unpaired) electrons. The van der Waals surface area contributed by atoms with Crippen molar-refractivity contribution in [2.75, 3.05) is 20.1 Å². The number of nitrogens with zero attached hydrogens (tertiary/aromatic N) is 1. The molecule has 0 atom stereocenters. The second kappa shape index (κ2) is 10.1. The summed E-state index contributed by atoms with van der Waals surface area (Å²) in [5.74, 6) is 0.661. The van der Waals surface area contributed by atoms with E-state index in [0.717, 1.165) is 11.8 Å². The van der Waals surface area contributed by atoms with Crippen molar-refractivity contribution in [3.05, 3.63) is 64.7 Å². The van der Waals surface area contributed by atoms with Crippen LogP contribution in [0.5, 0.6) is 5.75 Å². The number of benzene rings is 2. The average Bonchev–Trinajstić information content (AvgIpc) is 2.63. The largest absolute Gasteiger partial charge is 0.487 e. The van der Waals surface area contributed by atoms with E-state index in [1.54, 1.807) is 18.2 Å². The fourth-order valence-electron chi connectivity index (χ4n) is 2.47. The van der Waals surface area contributed by atoms with Crippen LogP contribution in [0.2, 0.25) is 5.02 Å². The van der Waals surface area contributed by atoms with Crippen molar-refractivity contribution in [2.45, 2.75) is 25.9 Å². The summed E-state index contributed by atoms with van der Waals surface area (Å²) < 4.78 is 5.58. The molecule has 0 amide bonds. The summed E-state index contributed by atoms with van der Waals surface area (Å²) in [6.07, 6.45) is 5.09. The maximum absolute atomic E-state index is 10.5. The zero-order valence-electron chi connectivity index (χ0n) is 14.1. The first-order valence-corrected chi connectivity index (χ1v) is 8.67. The molecule has 3 nitrogen and oxygen atoms in total. The minimum Gasteiger partial charge on any atom is -0.487 e. The van der Waals surface area contributed by atoms with Gasteiger partial charge in [0.2, 0.25) is 0 Å². The predicted molar refractivity (Wildman–Crippen MR) is 99.0 cm³/mol. The number of hydrogen-bond donors (Lipinski definition) is 0. The lowest BCUT2D eigenvalue weighted by Gasteiger charge is -2.20. The Kier molecular flexibility index (Phi) is 7.80. The van der Waals surface area contributed by atoms with E-state index in [0.29, 0.717) is 22.9 Å². The van der Waals surface area contributed by atoms with Gasteiger partial charge in [0.15, 0.2) is 0 Å². The monoisotopic (exact) mass is 345 g/mol. The first kappa shape index (κ1) is 18.5. The number of ether oxygens (including phenoxy) is 1. The Bertz CT molecular complexity index is 622. The number of aldehydes is 1. The van der Waals surface area contributed by atoms with Gasteiger partial charge in [-0.2, -0.15) is 0 Å². The van der Waals surface area contributed by atoms with Crippen LogP contribution < -0.4 is 4.74 Å². The van der Waals surface area contributed by atoms with E-state index in [-0.39, 0.29) is 0 Å². The molecule has 2 aromatic rings. The summed E-state index contributed by atoms with van der Waals surface area (Å²) >= 11 is 5.97. The van der Waals surface area contributed by atoms with E-state index in [9.17, 15) is 4.79 Å². The Balaban J connectivity index is 0.000000249. The van der Waals surface area contributed by atoms with Crippen LogP contribution in [0.25, 0.3) is 0 Å². The number of hydrogen-bond acceptors (Lipinski definition) is 3. The lowest BCUT2D eigenvalue weighted by Crippen LogP contribution is -2.24. The molecule has 4 heteroatoms. The third-order valence-electron chi connectivity index (χ3n) is 3.93. The van der Waals surface area contributed by atoms with Gasteiger partial charge in [-0.05, 0) is 50.7 Å². The van der Waals surface area contributed by atoms with Gasteiger partial charge in [-0.1, -0.05) is 54.4 Å². The van der Waals surface area contributed by atoms with E-state index in [2.05, 4.69) is 11.9 Å². The van der Waals surface area contributed by atoms with E-state index in [1.807, 2.05) is 30.3 Å². The van der Waals surface area contributed by atoms with Crippen molar-refractivity contribution in [1.82, 2.24) is 4.90 Å². The van der Waals surface area contributed by atoms with Gasteiger partial charge in [0.25, 0.3) is 0 Å². The third kappa shape index (κ3) is 6.34. The van der Waals surface area contributed by atoms with Crippen LogP contribution in [0.3, 0.4) is 0 Å². The molecular formula is C20H24ClNO2. The normalized spacial score (nSPS) is 14.4. The highest BCUT2D eigenvalue weighted by Gasteiger charge is 2.02. The summed E-state index contributed by atoms with van der Waals surface area (Å²) in [7, 11) is 2.19. The van der Waals surface area contributed by atoms with Gasteiger partial charge in [0.05, 0.1) is 5.02 Å². The maximum Gasteiger partial charge on any atom is 0.150 e. The molecule has 2 aromatic carbocycles. The van der Waals surface area contributed by atoms with E-state index < -0.39 is 0 Å². The van der Waals surface area contributed by atoms with Crippen LogP contribution in [0, 0.1) is 0 Å². The van der Waals surface area contributed by atoms with Crippen LogP contribution >= 0.6 is 11.6 Å². The SMILES string of the molecule is CN1CCCCC1.O=Cc1ccc(COc2ccccc2Cl)cc1. The number of halogens is 1. The molecule has 3 rings (SSSR count). The van der Waals surface area contributed by atoms with Crippen molar-refractivity contribution in [1.29, 1.82) is 0 Å². The smallest absolute Gasteiger partial charge is 0.150 e. The predicted octanol–water partition coefficient (Wildman–Crippen LogP) is 4.83. The van der Waals surface area contributed by atoms with Gasteiger partial charge in [-0.3, -0.25) is 4.79 Å². The summed E-state index contributed by atoms with van der Waals surface area (Å²) in [4.78, 5) is 12.9. The Morgan fingerprint density at radius 1 is 1.04 bits per heavy atom. The molecule has 1 aliphatic heterocycles. The fourth-order valence-corrected chi connectivity index (χ4v) is 2.66. The van der Waals surface area contributed by atoms with Crippen LogP contribution in [-0.2, 0) is 6.61 Å². The highest BCUT2D eigenvalue weighted by molar-refractivity contribution is 6.32. The minimum atomic E-state index is 0.433. The molecular weight excluding hydrogens is 322 g/mol. The number of likely N-dealkylation sites (tertiary alicyclic amines) is 1. The van der Waals surface area contributed by atoms with Crippen LogP contribution in [0.4, 0.5) is 0 Å². The molecule has 128 valence electrons. The van der Waals surface area contributed by atoms with Gasteiger partial charge in [-0.15, -0.1) is 0 Å². The zero-order valence-corrected chi connectivity index (χ0v) is 14.8. The lowest BCUT2D eigenvalue weighted by atomic mass is 10.1. The Labute approximate surface area is 149 Å². The second-order valence-corrected chi connectivity index (χ2v) is 6.35. The van der Waals surface area contributed by atoms with Crippen LogP contribution in [-0.4, -0.2) is 31.3 Å².